The Morgan fingerprint density at radius 2 is 1.88 bits per heavy atom. The Labute approximate surface area is 159 Å². The van der Waals surface area contributed by atoms with Gasteiger partial charge in [-0.3, -0.25) is 0 Å². The lowest BCUT2D eigenvalue weighted by molar-refractivity contribution is 0.171. The number of hydrogen-bond acceptors (Lipinski definition) is 6. The third-order valence-electron chi connectivity index (χ3n) is 4.26. The van der Waals surface area contributed by atoms with Crippen molar-refractivity contribution in [2.24, 2.45) is 0 Å². The first-order chi connectivity index (χ1) is 12.5. The van der Waals surface area contributed by atoms with Crippen molar-refractivity contribution in [2.45, 2.75) is 4.90 Å². The number of nitrogens with zero attached hydrogens (tertiary/aromatic N) is 2. The van der Waals surface area contributed by atoms with Gasteiger partial charge in [-0.15, -0.1) is 0 Å². The van der Waals surface area contributed by atoms with Crippen LogP contribution in [0, 0.1) is 0 Å². The summed E-state index contributed by atoms with van der Waals surface area (Å²) in [5.74, 6) is 1.05. The number of hydrogen-bond donors (Lipinski definition) is 1. The molecule has 8 nitrogen and oxygen atoms in total. The largest absolute Gasteiger partial charge is 0.486 e. The molecule has 1 saturated heterocycles. The Hall–Kier alpha value is -1.62. The molecule has 0 atom stereocenters. The van der Waals surface area contributed by atoms with E-state index in [4.69, 9.17) is 26.4 Å². The van der Waals surface area contributed by atoms with Gasteiger partial charge in [0.05, 0.1) is 11.5 Å². The summed E-state index contributed by atoms with van der Waals surface area (Å²) in [7, 11) is -1.95. The zero-order valence-electron chi connectivity index (χ0n) is 14.6. The highest BCUT2D eigenvalue weighted by Gasteiger charge is 2.30. The third-order valence-corrected chi connectivity index (χ3v) is 6.56. The number of benzene rings is 1. The average molecular weight is 402 g/mol. The maximum absolute atomic E-state index is 12.9. The van der Waals surface area contributed by atoms with Gasteiger partial charge < -0.3 is 24.4 Å². The van der Waals surface area contributed by atoms with Gasteiger partial charge in [-0.25, -0.2) is 8.42 Å². The second kappa shape index (κ2) is 8.38. The average Bonchev–Trinajstić information content (AvgIpc) is 2.67. The molecule has 0 aromatic heterocycles. The minimum absolute atomic E-state index is 0.219. The third kappa shape index (κ3) is 4.20. The molecule has 144 valence electrons. The highest BCUT2D eigenvalue weighted by atomic mass is 32.2. The van der Waals surface area contributed by atoms with Gasteiger partial charge in [-0.1, -0.05) is 0 Å². The van der Waals surface area contributed by atoms with Crippen molar-refractivity contribution in [3.05, 3.63) is 18.2 Å². The summed E-state index contributed by atoms with van der Waals surface area (Å²) in [4.78, 5) is 2.19. The first kappa shape index (κ1) is 19.2. The molecule has 10 heteroatoms. The molecule has 0 spiro atoms. The molecule has 2 heterocycles. The van der Waals surface area contributed by atoms with Crippen LogP contribution in [0.1, 0.15) is 0 Å². The first-order valence-corrected chi connectivity index (χ1v) is 10.3. The van der Waals surface area contributed by atoms with E-state index in [1.54, 1.807) is 19.2 Å². The zero-order chi connectivity index (χ0) is 18.6. The summed E-state index contributed by atoms with van der Waals surface area (Å²) in [6.45, 7) is 3.93. The van der Waals surface area contributed by atoms with Gasteiger partial charge in [0.1, 0.15) is 13.2 Å². The van der Waals surface area contributed by atoms with E-state index in [1.165, 1.54) is 10.4 Å². The Morgan fingerprint density at radius 1 is 1.19 bits per heavy atom. The van der Waals surface area contributed by atoms with Gasteiger partial charge >= 0.3 is 0 Å². The summed E-state index contributed by atoms with van der Waals surface area (Å²) in [6.07, 6.45) is 0. The van der Waals surface area contributed by atoms with Crippen molar-refractivity contribution in [2.75, 3.05) is 59.7 Å². The number of thiocarbonyl (C=S) groups is 1. The van der Waals surface area contributed by atoms with E-state index >= 15 is 0 Å². The van der Waals surface area contributed by atoms with E-state index in [0.29, 0.717) is 69.2 Å². The van der Waals surface area contributed by atoms with E-state index in [2.05, 4.69) is 5.32 Å². The van der Waals surface area contributed by atoms with Crippen LogP contribution in [0.2, 0.25) is 0 Å². The number of nitrogens with one attached hydrogen (secondary N) is 1. The Morgan fingerprint density at radius 3 is 2.58 bits per heavy atom. The van der Waals surface area contributed by atoms with E-state index in [9.17, 15) is 8.42 Å². The lowest BCUT2D eigenvalue weighted by Gasteiger charge is -2.35. The maximum atomic E-state index is 12.9. The monoisotopic (exact) mass is 401 g/mol. The fraction of sp³-hybridized carbons (Fsp3) is 0.562. The molecule has 1 aromatic carbocycles. The van der Waals surface area contributed by atoms with E-state index < -0.39 is 10.0 Å². The van der Waals surface area contributed by atoms with Gasteiger partial charge in [-0.2, -0.15) is 4.31 Å². The van der Waals surface area contributed by atoms with Crippen LogP contribution in [0.15, 0.2) is 23.1 Å². The smallest absolute Gasteiger partial charge is 0.243 e. The standard InChI is InChI=1S/C16H23N3O5S2/c1-22-9-4-17-16(25)18-5-7-19(8-6-18)26(20,21)13-2-3-14-15(12-13)24-11-10-23-14/h2-3,12H,4-11H2,1H3,(H,17,25). The van der Waals surface area contributed by atoms with Crippen LogP contribution in [0.25, 0.3) is 0 Å². The summed E-state index contributed by atoms with van der Waals surface area (Å²) in [5, 5.41) is 3.73. The second-order valence-electron chi connectivity index (χ2n) is 5.92. The summed E-state index contributed by atoms with van der Waals surface area (Å²) >= 11 is 5.34. The van der Waals surface area contributed by atoms with Crippen molar-refractivity contribution in [1.82, 2.24) is 14.5 Å². The molecule has 2 aliphatic heterocycles. The number of fused-ring (bicyclic) bond motifs is 1. The predicted molar refractivity (Wildman–Crippen MR) is 100 cm³/mol. The molecule has 0 aliphatic carbocycles. The molecular formula is C16H23N3O5S2. The van der Waals surface area contributed by atoms with Gasteiger partial charge in [0.25, 0.3) is 0 Å². The molecule has 2 aliphatic rings. The van der Waals surface area contributed by atoms with Crippen LogP contribution in [0.5, 0.6) is 11.5 Å². The normalized spacial score (nSPS) is 17.8. The van der Waals surface area contributed by atoms with Gasteiger partial charge in [-0.05, 0) is 24.4 Å². The number of sulfonamides is 1. The number of ether oxygens (including phenoxy) is 3. The van der Waals surface area contributed by atoms with Gasteiger partial charge in [0.2, 0.25) is 10.0 Å². The Balaban J connectivity index is 1.62. The van der Waals surface area contributed by atoms with Crippen molar-refractivity contribution in [3.63, 3.8) is 0 Å². The van der Waals surface area contributed by atoms with Crippen LogP contribution in [0.4, 0.5) is 0 Å². The summed E-state index contributed by atoms with van der Waals surface area (Å²) < 4.78 is 43.2. The van der Waals surface area contributed by atoms with E-state index in [0.717, 1.165) is 0 Å². The molecular weight excluding hydrogens is 378 g/mol. The molecule has 3 rings (SSSR count). The van der Waals surface area contributed by atoms with Crippen molar-refractivity contribution in [1.29, 1.82) is 0 Å². The lowest BCUT2D eigenvalue weighted by atomic mass is 10.3. The Bertz CT molecular complexity index is 748. The summed E-state index contributed by atoms with van der Waals surface area (Å²) in [5.41, 5.74) is 0. The molecule has 26 heavy (non-hydrogen) atoms. The molecule has 1 fully saturated rings. The number of rotatable bonds is 5. The van der Waals surface area contributed by atoms with E-state index in [1.807, 2.05) is 4.90 Å². The maximum Gasteiger partial charge on any atom is 0.243 e. The molecule has 1 aromatic rings. The van der Waals surface area contributed by atoms with Crippen LogP contribution in [0.3, 0.4) is 0 Å². The van der Waals surface area contributed by atoms with Crippen LogP contribution >= 0.6 is 12.2 Å². The van der Waals surface area contributed by atoms with Crippen LogP contribution < -0.4 is 14.8 Å². The van der Waals surface area contributed by atoms with Crippen LogP contribution in [-0.4, -0.2) is 82.4 Å². The number of piperazine rings is 1. The molecule has 0 unspecified atom stereocenters. The van der Waals surface area contributed by atoms with Crippen LogP contribution in [-0.2, 0) is 14.8 Å². The number of methoxy groups -OCH3 is 1. The predicted octanol–water partition coefficient (Wildman–Crippen LogP) is 0.285. The van der Waals surface area contributed by atoms with Gasteiger partial charge in [0, 0.05) is 45.9 Å². The molecule has 0 radical (unpaired) electrons. The Kier molecular flexibility index (Phi) is 6.17. The minimum Gasteiger partial charge on any atom is -0.486 e. The van der Waals surface area contributed by atoms with Crippen molar-refractivity contribution >= 4 is 27.4 Å². The van der Waals surface area contributed by atoms with E-state index in [-0.39, 0.29) is 4.90 Å². The fourth-order valence-electron chi connectivity index (χ4n) is 2.84. The van der Waals surface area contributed by atoms with Crippen molar-refractivity contribution < 1.29 is 22.6 Å². The molecule has 0 saturated carbocycles. The first-order valence-electron chi connectivity index (χ1n) is 8.44. The lowest BCUT2D eigenvalue weighted by Crippen LogP contribution is -2.53. The highest BCUT2D eigenvalue weighted by Crippen LogP contribution is 2.33. The highest BCUT2D eigenvalue weighted by molar-refractivity contribution is 7.89. The second-order valence-corrected chi connectivity index (χ2v) is 8.25. The molecule has 1 N–H and O–H groups in total. The molecule has 0 bridgehead atoms. The SMILES string of the molecule is COCCNC(=S)N1CCN(S(=O)(=O)c2ccc3c(c2)OCCO3)CC1. The fourth-order valence-corrected chi connectivity index (χ4v) is 4.56. The topological polar surface area (TPSA) is 80.3 Å². The van der Waals surface area contributed by atoms with Crippen molar-refractivity contribution in [3.8, 4) is 11.5 Å². The van der Waals surface area contributed by atoms with Gasteiger partial charge in [0.15, 0.2) is 16.6 Å². The molecule has 0 amide bonds. The summed E-state index contributed by atoms with van der Waals surface area (Å²) in [6, 6.07) is 4.74. The quantitative estimate of drug-likeness (QED) is 0.557. The minimum atomic E-state index is -3.58. The zero-order valence-corrected chi connectivity index (χ0v) is 16.3.